The monoisotopic (exact) mass is 940 g/mol. The fourth-order valence-corrected chi connectivity index (χ4v) is 5.82. The molecule has 0 aliphatic heterocycles. The molecule has 317 valence electrons. The van der Waals surface area contributed by atoms with Gasteiger partial charge in [-0.25, -0.2) is 19.4 Å². The van der Waals surface area contributed by atoms with Crippen molar-refractivity contribution in [3.63, 3.8) is 0 Å². The smallest absolute Gasteiger partial charge is 0.753 e. The van der Waals surface area contributed by atoms with Gasteiger partial charge < -0.3 is 20.7 Å². The summed E-state index contributed by atoms with van der Waals surface area (Å²) < 4.78 is 38.1. The van der Waals surface area contributed by atoms with E-state index >= 15 is 0 Å². The van der Waals surface area contributed by atoms with Gasteiger partial charge in [-0.2, -0.15) is 23.4 Å². The maximum absolute atomic E-state index is 12.7. The minimum absolute atomic E-state index is 0. The van der Waals surface area contributed by atoms with E-state index in [9.17, 15) is 32.7 Å². The fraction of sp³-hybridized carbons (Fsp3) is 0.233. The molecule has 4 N–H and O–H groups in total. The summed E-state index contributed by atoms with van der Waals surface area (Å²) in [6.07, 6.45) is 18.1. The zero-order valence-electron chi connectivity index (χ0n) is 32.5. The van der Waals surface area contributed by atoms with Crippen molar-refractivity contribution in [1.82, 2.24) is 30.1 Å². The number of halogens is 3. The Bertz CT molecular complexity index is 2350. The second-order valence-corrected chi connectivity index (χ2v) is 13.4. The molecule has 0 atom stereocenters. The van der Waals surface area contributed by atoms with Gasteiger partial charge >= 0.3 is 43.6 Å². The number of allylic oxidation sites excluding steroid dienone is 5. The number of hydrogen-bond donors (Lipinski definition) is 4. The number of hydrogen-bond acceptors (Lipinski definition) is 9. The molecule has 0 fully saturated rings. The first-order chi connectivity index (χ1) is 28.7. The molecule has 0 aromatic carbocycles. The van der Waals surface area contributed by atoms with Crippen LogP contribution in [-0.4, -0.2) is 68.5 Å². The number of pyridine rings is 4. The van der Waals surface area contributed by atoms with Crippen molar-refractivity contribution in [3.8, 4) is 34.2 Å². The van der Waals surface area contributed by atoms with Crippen molar-refractivity contribution in [2.45, 2.75) is 64.5 Å². The SMILES string of the molecule is CCCCCCC1=CC=C(/C=C/c2ccc(-c3cc(C(F)(F)F)[nH]n3)nc2)CCC1.O=C(O)c1ccnc(-c2cc(C(=O)O)cc(-c3cc(C(=O)O)ccn3)n2)c1.[N-]=C=S.[Ru+]. The number of isothiocyanates is 1. The van der Waals surface area contributed by atoms with Crippen molar-refractivity contribution >= 4 is 41.4 Å². The second-order valence-electron chi connectivity index (χ2n) is 13.2. The summed E-state index contributed by atoms with van der Waals surface area (Å²) in [6, 6.07) is 12.1. The molecule has 0 amide bonds. The van der Waals surface area contributed by atoms with Crippen LogP contribution in [0.2, 0.25) is 0 Å². The number of aromatic amines is 1. The van der Waals surface area contributed by atoms with Gasteiger partial charge in [0, 0.05) is 18.6 Å². The Morgan fingerprint density at radius 3 is 1.87 bits per heavy atom. The number of H-pyrrole nitrogens is 1. The van der Waals surface area contributed by atoms with Crippen LogP contribution in [0.5, 0.6) is 0 Å². The first kappa shape index (κ1) is 49.0. The van der Waals surface area contributed by atoms with Crippen molar-refractivity contribution in [2.75, 3.05) is 0 Å². The Labute approximate surface area is 366 Å². The van der Waals surface area contributed by atoms with Gasteiger partial charge in [-0.15, -0.1) is 0 Å². The van der Waals surface area contributed by atoms with Crippen LogP contribution in [0.25, 0.3) is 45.6 Å². The molecule has 13 nitrogen and oxygen atoms in total. The third-order valence-electron chi connectivity index (χ3n) is 8.88. The maximum atomic E-state index is 12.7. The zero-order valence-corrected chi connectivity index (χ0v) is 35.1. The number of carboxylic acids is 3. The zero-order chi connectivity index (χ0) is 43.7. The van der Waals surface area contributed by atoms with Crippen LogP contribution in [-0.2, 0) is 25.7 Å². The number of nitrogens with zero attached hydrogens (tertiary/aromatic N) is 6. The van der Waals surface area contributed by atoms with Crippen LogP contribution >= 0.6 is 12.2 Å². The van der Waals surface area contributed by atoms with Crippen LogP contribution < -0.4 is 0 Å². The largest absolute Gasteiger partial charge is 1.00 e. The third kappa shape index (κ3) is 15.3. The van der Waals surface area contributed by atoms with Crippen molar-refractivity contribution < 1.29 is 62.4 Å². The Morgan fingerprint density at radius 1 is 0.770 bits per heavy atom. The van der Waals surface area contributed by atoms with E-state index in [0.717, 1.165) is 24.5 Å². The van der Waals surface area contributed by atoms with Gasteiger partial charge in [0.2, 0.25) is 0 Å². The summed E-state index contributed by atoms with van der Waals surface area (Å²) in [4.78, 5) is 50.4. The number of nitrogens with one attached hydrogen (secondary N) is 1. The average molecular weight is 940 g/mol. The Balaban J connectivity index is 0.000000302. The van der Waals surface area contributed by atoms with E-state index in [0.29, 0.717) is 5.69 Å². The molecule has 1 aliphatic rings. The van der Waals surface area contributed by atoms with Crippen LogP contribution in [0.15, 0.2) is 103 Å². The van der Waals surface area contributed by atoms with E-state index in [4.69, 9.17) is 15.6 Å². The van der Waals surface area contributed by atoms with Crippen molar-refractivity contribution in [3.05, 3.63) is 136 Å². The van der Waals surface area contributed by atoms with E-state index in [-0.39, 0.29) is 64.6 Å². The number of aromatic nitrogens is 6. The molecule has 5 heterocycles. The molecule has 61 heavy (non-hydrogen) atoms. The number of aromatic carboxylic acids is 3. The molecule has 1 radical (unpaired) electrons. The van der Waals surface area contributed by atoms with Gasteiger partial charge in [-0.1, -0.05) is 74.3 Å². The molecule has 5 aromatic rings. The average Bonchev–Trinajstić information content (AvgIpc) is 3.65. The quantitative estimate of drug-likeness (QED) is 0.0376. The number of carboxylic acid groups (broad SMARTS) is 3. The van der Waals surface area contributed by atoms with E-state index in [2.05, 4.69) is 62.4 Å². The molecule has 0 saturated carbocycles. The summed E-state index contributed by atoms with van der Waals surface area (Å²) in [7, 11) is 0. The van der Waals surface area contributed by atoms with E-state index < -0.39 is 29.8 Å². The second kappa shape index (κ2) is 24.0. The molecule has 5 aromatic heterocycles. The Hall–Kier alpha value is -6.35. The summed E-state index contributed by atoms with van der Waals surface area (Å²) >= 11 is 3.70. The summed E-state index contributed by atoms with van der Waals surface area (Å²) in [5.41, 5.74) is 3.81. The number of rotatable bonds is 13. The van der Waals surface area contributed by atoms with Crippen molar-refractivity contribution in [2.24, 2.45) is 0 Å². The van der Waals surface area contributed by atoms with Crippen LogP contribution in [0, 0.1) is 0 Å². The molecule has 0 saturated heterocycles. The van der Waals surface area contributed by atoms with Gasteiger partial charge in [0.05, 0.1) is 45.2 Å². The molecular formula is C43H39F3N7O6RuS. The van der Waals surface area contributed by atoms with Gasteiger partial charge in [-0.05, 0) is 91.8 Å². The standard InChI is InChI=1S/C24H28F3N3.C18H11N3O6.CNS.Ru/c1-2-3-4-5-7-18-8-6-9-19(11-10-18)12-13-20-14-15-21(28-17-20)22-16-23(30-29-22)24(25,26)27;22-16(23)9-1-3-19-12(5-9)14-7-11(18(26)27)8-15(21-14)13-6-10(17(24)25)2-4-20-13;2-1-3;/h10-17H,2-9H2,1H3,(H,29,30);1-8H,(H,22,23)(H,24,25)(H,26,27);;/q;;-1;+1/b13-12+;;;. The predicted octanol–water partition coefficient (Wildman–Crippen LogP) is 10.5. The summed E-state index contributed by atoms with van der Waals surface area (Å²) in [5, 5.41) is 41.8. The molecule has 0 bridgehead atoms. The maximum Gasteiger partial charge on any atom is 1.00 e. The normalized spacial score (nSPS) is 12.2. The minimum Gasteiger partial charge on any atom is -0.753 e. The van der Waals surface area contributed by atoms with Crippen LogP contribution in [0.4, 0.5) is 13.2 Å². The van der Waals surface area contributed by atoms with E-state index in [1.807, 2.05) is 17.2 Å². The van der Waals surface area contributed by atoms with E-state index in [1.165, 1.54) is 104 Å². The van der Waals surface area contributed by atoms with E-state index in [1.54, 1.807) is 12.3 Å². The Kier molecular flexibility index (Phi) is 19.3. The molecule has 0 spiro atoms. The van der Waals surface area contributed by atoms with Gasteiger partial charge in [0.25, 0.3) is 0 Å². The van der Waals surface area contributed by atoms with Crippen molar-refractivity contribution in [1.29, 1.82) is 0 Å². The number of thiocarbonyl (C=S) groups is 1. The molecule has 0 unspecified atom stereocenters. The van der Waals surface area contributed by atoms with Gasteiger partial charge in [-0.3, -0.25) is 20.1 Å². The van der Waals surface area contributed by atoms with Gasteiger partial charge in [0.1, 0.15) is 11.4 Å². The topological polar surface area (TPSA) is 214 Å². The predicted molar refractivity (Wildman–Crippen MR) is 222 cm³/mol. The summed E-state index contributed by atoms with van der Waals surface area (Å²) in [6.45, 7) is 2.23. The van der Waals surface area contributed by atoms with Gasteiger partial charge in [0.15, 0.2) is 0 Å². The first-order valence-electron chi connectivity index (χ1n) is 18.5. The first-order valence-corrected chi connectivity index (χ1v) is 18.9. The molecule has 18 heteroatoms. The van der Waals surface area contributed by atoms with Crippen LogP contribution in [0.1, 0.15) is 101 Å². The molecular weight excluding hydrogens is 901 g/mol. The fourth-order valence-electron chi connectivity index (χ4n) is 5.82. The molecule has 6 rings (SSSR count). The summed E-state index contributed by atoms with van der Waals surface area (Å²) in [5.74, 6) is -3.56. The number of carbonyl (C=O) groups is 3. The number of unbranched alkanes of at least 4 members (excludes halogenated alkanes) is 3. The Morgan fingerprint density at radius 2 is 1.36 bits per heavy atom. The number of alkyl halides is 3. The minimum atomic E-state index is -4.44. The molecule has 1 aliphatic carbocycles. The van der Waals surface area contributed by atoms with Crippen LogP contribution in [0.3, 0.4) is 0 Å². The third-order valence-corrected chi connectivity index (χ3v) is 8.88.